The predicted molar refractivity (Wildman–Crippen MR) is 180 cm³/mol. The molecule has 0 radical (unpaired) electrons. The number of nitrogens with one attached hydrogen (secondary N) is 1. The van der Waals surface area contributed by atoms with E-state index in [1.807, 2.05) is 67.6 Å². The number of amides is 1. The molecule has 5 aromatic rings. The maximum atomic E-state index is 14.2. The van der Waals surface area contributed by atoms with Crippen LogP contribution in [0.4, 0.5) is 11.4 Å². The van der Waals surface area contributed by atoms with Crippen LogP contribution in [0.5, 0.6) is 11.5 Å². The standard InChI is InChI=1S/C36H30N4O6S/c1-3-45-29-19-15-25(16-20-29)33-32(34(41)38-27-10-5-4-6-11-27)23(2)37-36-39(33)35(42)31(47-36)21-26-9-7-8-12-30(26)46-22-24-13-17-28(18-14-24)40(43)44/h4-21,33H,3,22H2,1-2H3,(H,38,41)/b31-21+/t33-/m0/s1. The fraction of sp³-hybridized carbons (Fsp3) is 0.139. The number of non-ortho nitro benzene ring substituents is 1. The summed E-state index contributed by atoms with van der Waals surface area (Å²) in [5, 5.41) is 14.0. The van der Waals surface area contributed by atoms with Gasteiger partial charge in [0.05, 0.1) is 33.4 Å². The number of nitro groups is 1. The summed E-state index contributed by atoms with van der Waals surface area (Å²) in [7, 11) is 0. The van der Waals surface area contributed by atoms with Crippen molar-refractivity contribution in [2.75, 3.05) is 11.9 Å². The predicted octanol–water partition coefficient (Wildman–Crippen LogP) is 5.76. The Bertz CT molecular complexity index is 2150. The smallest absolute Gasteiger partial charge is 0.271 e. The van der Waals surface area contributed by atoms with E-state index in [4.69, 9.17) is 14.5 Å². The molecular formula is C36H30N4O6S. The van der Waals surface area contributed by atoms with Gasteiger partial charge in [-0.2, -0.15) is 0 Å². The van der Waals surface area contributed by atoms with Gasteiger partial charge in [-0.3, -0.25) is 24.3 Å². The van der Waals surface area contributed by atoms with E-state index in [2.05, 4.69) is 5.32 Å². The number of carbonyl (C=O) groups excluding carboxylic acids is 1. The lowest BCUT2D eigenvalue weighted by molar-refractivity contribution is -0.384. The number of ether oxygens (including phenoxy) is 2. The fourth-order valence-electron chi connectivity index (χ4n) is 5.31. The van der Waals surface area contributed by atoms with Crippen LogP contribution in [-0.2, 0) is 11.4 Å². The first-order valence-corrected chi connectivity index (χ1v) is 15.7. The molecule has 2 heterocycles. The molecule has 0 spiro atoms. The number of carbonyl (C=O) groups is 1. The minimum absolute atomic E-state index is 0.00371. The third kappa shape index (κ3) is 6.75. The van der Waals surface area contributed by atoms with Crippen LogP contribution in [0, 0.1) is 10.1 Å². The van der Waals surface area contributed by atoms with E-state index in [9.17, 15) is 19.7 Å². The summed E-state index contributed by atoms with van der Waals surface area (Å²) in [5.41, 5.74) is 3.39. The van der Waals surface area contributed by atoms with Crippen molar-refractivity contribution < 1.29 is 19.2 Å². The number of hydrogen-bond donors (Lipinski definition) is 1. The van der Waals surface area contributed by atoms with Crippen LogP contribution in [-0.4, -0.2) is 22.0 Å². The van der Waals surface area contributed by atoms with Crippen molar-refractivity contribution in [1.29, 1.82) is 0 Å². The zero-order chi connectivity index (χ0) is 32.9. The summed E-state index contributed by atoms with van der Waals surface area (Å²) in [5.74, 6) is 0.874. The van der Waals surface area contributed by atoms with Crippen LogP contribution in [0.15, 0.2) is 124 Å². The van der Waals surface area contributed by atoms with Crippen LogP contribution in [0.1, 0.15) is 36.6 Å². The molecule has 236 valence electrons. The van der Waals surface area contributed by atoms with Crippen molar-refractivity contribution in [3.63, 3.8) is 0 Å². The number of benzene rings is 4. The van der Waals surface area contributed by atoms with Crippen molar-refractivity contribution in [1.82, 2.24) is 4.57 Å². The minimum atomic E-state index is -0.735. The number of nitro benzene ring substituents is 1. The highest BCUT2D eigenvalue weighted by Crippen LogP contribution is 2.32. The van der Waals surface area contributed by atoms with Gasteiger partial charge in [-0.25, -0.2) is 4.99 Å². The second kappa shape index (κ2) is 13.7. The van der Waals surface area contributed by atoms with E-state index in [1.165, 1.54) is 23.5 Å². The maximum Gasteiger partial charge on any atom is 0.271 e. The zero-order valence-corrected chi connectivity index (χ0v) is 26.4. The van der Waals surface area contributed by atoms with E-state index in [1.54, 1.807) is 47.9 Å². The number of fused-ring (bicyclic) bond motifs is 1. The lowest BCUT2D eigenvalue weighted by Crippen LogP contribution is -2.40. The lowest BCUT2D eigenvalue weighted by Gasteiger charge is -2.25. The summed E-state index contributed by atoms with van der Waals surface area (Å²) in [6, 6.07) is 29.3. The summed E-state index contributed by atoms with van der Waals surface area (Å²) >= 11 is 1.23. The highest BCUT2D eigenvalue weighted by atomic mass is 32.1. The van der Waals surface area contributed by atoms with Crippen molar-refractivity contribution >= 4 is 34.7 Å². The van der Waals surface area contributed by atoms with Gasteiger partial charge < -0.3 is 14.8 Å². The Morgan fingerprint density at radius 2 is 1.68 bits per heavy atom. The Hall–Kier alpha value is -5.81. The number of thiazole rings is 1. The number of aromatic nitrogens is 1. The molecule has 1 N–H and O–H groups in total. The summed E-state index contributed by atoms with van der Waals surface area (Å²) in [6.07, 6.45) is 1.76. The van der Waals surface area contributed by atoms with Gasteiger partial charge in [0.15, 0.2) is 4.80 Å². The minimum Gasteiger partial charge on any atom is -0.494 e. The van der Waals surface area contributed by atoms with Gasteiger partial charge in [-0.1, -0.05) is 59.9 Å². The number of anilines is 1. The van der Waals surface area contributed by atoms with Crippen LogP contribution in [0.2, 0.25) is 0 Å². The second-order valence-electron chi connectivity index (χ2n) is 10.7. The molecule has 0 unspecified atom stereocenters. The second-order valence-corrected chi connectivity index (χ2v) is 11.7. The maximum absolute atomic E-state index is 14.2. The molecule has 1 aromatic heterocycles. The Morgan fingerprint density at radius 3 is 2.38 bits per heavy atom. The van der Waals surface area contributed by atoms with Crippen molar-refractivity contribution in [3.8, 4) is 11.5 Å². The molecule has 1 atom stereocenters. The number of para-hydroxylation sites is 2. The van der Waals surface area contributed by atoms with E-state index in [-0.39, 0.29) is 23.8 Å². The Balaban J connectivity index is 1.39. The van der Waals surface area contributed by atoms with E-state index in [0.29, 0.717) is 50.0 Å². The number of allylic oxidation sites excluding steroid dienone is 1. The van der Waals surface area contributed by atoms with Crippen LogP contribution < -0.4 is 29.7 Å². The summed E-state index contributed by atoms with van der Waals surface area (Å²) in [6.45, 7) is 4.38. The lowest BCUT2D eigenvalue weighted by atomic mass is 9.95. The quantitative estimate of drug-likeness (QED) is 0.152. The molecule has 6 rings (SSSR count). The summed E-state index contributed by atoms with van der Waals surface area (Å²) < 4.78 is 13.7. The average Bonchev–Trinajstić information content (AvgIpc) is 3.38. The molecule has 10 nitrogen and oxygen atoms in total. The SMILES string of the molecule is CCOc1ccc([C@H]2C(C(=O)Nc3ccccc3)=C(C)N=c3s/c(=C/c4ccccc4OCc4ccc([N+](=O)[O-])cc4)c(=O)n32)cc1. The third-order valence-corrected chi connectivity index (χ3v) is 8.53. The molecule has 0 saturated carbocycles. The number of hydrogen-bond acceptors (Lipinski definition) is 8. The van der Waals surface area contributed by atoms with E-state index >= 15 is 0 Å². The molecule has 0 fully saturated rings. The highest BCUT2D eigenvalue weighted by Gasteiger charge is 2.32. The van der Waals surface area contributed by atoms with Crippen LogP contribution in [0.25, 0.3) is 6.08 Å². The van der Waals surface area contributed by atoms with Gasteiger partial charge in [-0.15, -0.1) is 0 Å². The molecule has 1 aliphatic heterocycles. The first kappa shape index (κ1) is 31.2. The normalized spacial score (nSPS) is 14.3. The first-order chi connectivity index (χ1) is 22.8. The van der Waals surface area contributed by atoms with Gasteiger partial charge in [-0.05, 0) is 73.5 Å². The Morgan fingerprint density at radius 1 is 0.979 bits per heavy atom. The molecule has 0 aliphatic carbocycles. The monoisotopic (exact) mass is 646 g/mol. The van der Waals surface area contributed by atoms with Gasteiger partial charge in [0, 0.05) is 23.4 Å². The van der Waals surface area contributed by atoms with Gasteiger partial charge in [0.2, 0.25) is 0 Å². The van der Waals surface area contributed by atoms with Gasteiger partial charge in [0.1, 0.15) is 18.1 Å². The third-order valence-electron chi connectivity index (χ3n) is 7.55. The fourth-order valence-corrected chi connectivity index (χ4v) is 6.35. The Kier molecular flexibility index (Phi) is 9.07. The first-order valence-electron chi connectivity index (χ1n) is 14.9. The van der Waals surface area contributed by atoms with E-state index in [0.717, 1.165) is 11.1 Å². The van der Waals surface area contributed by atoms with Crippen molar-refractivity contribution in [2.24, 2.45) is 4.99 Å². The number of nitrogens with zero attached hydrogens (tertiary/aromatic N) is 3. The zero-order valence-electron chi connectivity index (χ0n) is 25.6. The molecule has 1 amide bonds. The molecule has 4 aromatic carbocycles. The van der Waals surface area contributed by atoms with Crippen LogP contribution in [0.3, 0.4) is 0 Å². The molecular weight excluding hydrogens is 616 g/mol. The molecule has 0 bridgehead atoms. The Labute approximate surface area is 273 Å². The van der Waals surface area contributed by atoms with Crippen molar-refractivity contribution in [2.45, 2.75) is 26.5 Å². The largest absolute Gasteiger partial charge is 0.494 e. The molecule has 47 heavy (non-hydrogen) atoms. The summed E-state index contributed by atoms with van der Waals surface area (Å²) in [4.78, 5) is 43.8. The topological polar surface area (TPSA) is 125 Å². The van der Waals surface area contributed by atoms with Crippen molar-refractivity contribution in [3.05, 3.63) is 161 Å². The van der Waals surface area contributed by atoms with Crippen LogP contribution >= 0.6 is 11.3 Å². The van der Waals surface area contributed by atoms with Gasteiger partial charge >= 0.3 is 0 Å². The highest BCUT2D eigenvalue weighted by molar-refractivity contribution is 7.07. The van der Waals surface area contributed by atoms with Gasteiger partial charge in [0.25, 0.3) is 17.2 Å². The average molecular weight is 647 g/mol. The van der Waals surface area contributed by atoms with E-state index < -0.39 is 11.0 Å². The molecule has 11 heteroatoms. The molecule has 1 aliphatic rings. The molecule has 0 saturated heterocycles. The number of rotatable bonds is 10.